The van der Waals surface area contributed by atoms with Crippen LogP contribution in [0.2, 0.25) is 0 Å². The highest BCUT2D eigenvalue weighted by Crippen LogP contribution is 2.30. The zero-order valence-corrected chi connectivity index (χ0v) is 12.9. The molecule has 0 bridgehead atoms. The Balaban J connectivity index is 2.98. The molecule has 0 radical (unpaired) electrons. The maximum Gasteiger partial charge on any atom is 0.139 e. The highest BCUT2D eigenvalue weighted by atomic mass is 79.9. The molecule has 102 valence electrons. The van der Waals surface area contributed by atoms with Crippen LogP contribution in [0.1, 0.15) is 33.6 Å². The molecule has 0 heterocycles. The van der Waals surface area contributed by atoms with Gasteiger partial charge in [-0.05, 0) is 34.8 Å². The Kier molecular flexibility index (Phi) is 5.93. The van der Waals surface area contributed by atoms with Crippen LogP contribution in [0.25, 0.3) is 0 Å². The quantitative estimate of drug-likeness (QED) is 0.786. The summed E-state index contributed by atoms with van der Waals surface area (Å²) in [5, 5.41) is 0. The van der Waals surface area contributed by atoms with E-state index in [2.05, 4.69) is 41.6 Å². The molecule has 0 aliphatic carbocycles. The van der Waals surface area contributed by atoms with Gasteiger partial charge < -0.3 is 10.6 Å². The first-order valence-electron chi connectivity index (χ1n) is 6.52. The molecule has 1 aromatic rings. The van der Waals surface area contributed by atoms with E-state index in [0.29, 0.717) is 16.1 Å². The minimum Gasteiger partial charge on any atom is -0.397 e. The smallest absolute Gasteiger partial charge is 0.139 e. The standard InChI is InChI=1S/C14H22BrFN2/c1-4-10(5-2)9-18(6-3)14-8-12(16)11(15)7-13(14)17/h7-8,10H,4-6,9,17H2,1-3H3. The molecule has 0 aliphatic rings. The number of hydrogen-bond donors (Lipinski definition) is 1. The second kappa shape index (κ2) is 6.98. The maximum atomic E-state index is 13.6. The van der Waals surface area contributed by atoms with E-state index in [1.54, 1.807) is 6.07 Å². The zero-order valence-electron chi connectivity index (χ0n) is 11.3. The first kappa shape index (κ1) is 15.3. The predicted octanol–water partition coefficient (Wildman–Crippen LogP) is 4.43. The Morgan fingerprint density at radius 3 is 2.39 bits per heavy atom. The van der Waals surface area contributed by atoms with E-state index >= 15 is 0 Å². The van der Waals surface area contributed by atoms with Crippen molar-refractivity contribution >= 4 is 27.3 Å². The number of nitrogens with zero attached hydrogens (tertiary/aromatic N) is 1. The number of halogens is 2. The molecule has 18 heavy (non-hydrogen) atoms. The predicted molar refractivity (Wildman–Crippen MR) is 80.5 cm³/mol. The van der Waals surface area contributed by atoms with Crippen molar-refractivity contribution in [2.24, 2.45) is 5.92 Å². The molecule has 0 aromatic heterocycles. The van der Waals surface area contributed by atoms with Crippen molar-refractivity contribution in [2.45, 2.75) is 33.6 Å². The summed E-state index contributed by atoms with van der Waals surface area (Å²) >= 11 is 3.16. The fourth-order valence-electron chi connectivity index (χ4n) is 2.08. The Bertz CT molecular complexity index is 392. The lowest BCUT2D eigenvalue weighted by atomic mass is 10.0. The molecule has 0 saturated carbocycles. The van der Waals surface area contributed by atoms with Gasteiger partial charge >= 0.3 is 0 Å². The van der Waals surface area contributed by atoms with Crippen molar-refractivity contribution in [3.05, 3.63) is 22.4 Å². The van der Waals surface area contributed by atoms with Gasteiger partial charge in [0.2, 0.25) is 0 Å². The lowest BCUT2D eigenvalue weighted by Gasteiger charge is -2.28. The van der Waals surface area contributed by atoms with Crippen molar-refractivity contribution in [1.82, 2.24) is 0 Å². The molecule has 0 saturated heterocycles. The van der Waals surface area contributed by atoms with Gasteiger partial charge in [-0.2, -0.15) is 0 Å². The van der Waals surface area contributed by atoms with E-state index < -0.39 is 0 Å². The summed E-state index contributed by atoms with van der Waals surface area (Å²) < 4.78 is 14.0. The SMILES string of the molecule is CCC(CC)CN(CC)c1cc(F)c(Br)cc1N. The van der Waals surface area contributed by atoms with Crippen molar-refractivity contribution in [2.75, 3.05) is 23.7 Å². The monoisotopic (exact) mass is 316 g/mol. The number of benzene rings is 1. The minimum atomic E-state index is -0.262. The summed E-state index contributed by atoms with van der Waals surface area (Å²) in [5.41, 5.74) is 7.40. The van der Waals surface area contributed by atoms with Crippen LogP contribution >= 0.6 is 15.9 Å². The molecule has 0 aliphatic heterocycles. The number of nitrogen functional groups attached to an aromatic ring is 1. The zero-order chi connectivity index (χ0) is 13.7. The fraction of sp³-hybridized carbons (Fsp3) is 0.571. The summed E-state index contributed by atoms with van der Waals surface area (Å²) in [4.78, 5) is 2.16. The number of hydrogen-bond acceptors (Lipinski definition) is 2. The van der Waals surface area contributed by atoms with Gasteiger partial charge in [0.1, 0.15) is 5.82 Å². The highest BCUT2D eigenvalue weighted by molar-refractivity contribution is 9.10. The van der Waals surface area contributed by atoms with Crippen LogP contribution in [0.3, 0.4) is 0 Å². The summed E-state index contributed by atoms with van der Waals surface area (Å²) in [6.07, 6.45) is 2.26. The molecule has 0 fully saturated rings. The molecular weight excluding hydrogens is 295 g/mol. The Labute approximate surface area is 117 Å². The van der Waals surface area contributed by atoms with E-state index in [4.69, 9.17) is 5.73 Å². The third-order valence-corrected chi connectivity index (χ3v) is 4.03. The molecule has 1 aromatic carbocycles. The van der Waals surface area contributed by atoms with Crippen molar-refractivity contribution in [1.29, 1.82) is 0 Å². The Hall–Kier alpha value is -0.770. The maximum absolute atomic E-state index is 13.6. The van der Waals surface area contributed by atoms with Crippen LogP contribution in [-0.2, 0) is 0 Å². The molecule has 0 spiro atoms. The first-order valence-corrected chi connectivity index (χ1v) is 7.32. The van der Waals surface area contributed by atoms with Crippen LogP contribution in [0, 0.1) is 11.7 Å². The van der Waals surface area contributed by atoms with Gasteiger partial charge in [0.15, 0.2) is 0 Å². The minimum absolute atomic E-state index is 0.262. The number of nitrogens with two attached hydrogens (primary N) is 1. The van der Waals surface area contributed by atoms with Gasteiger partial charge in [0, 0.05) is 19.2 Å². The number of rotatable bonds is 6. The normalized spacial score (nSPS) is 11.0. The largest absolute Gasteiger partial charge is 0.397 e. The van der Waals surface area contributed by atoms with E-state index in [-0.39, 0.29) is 5.82 Å². The third kappa shape index (κ3) is 3.61. The fourth-order valence-corrected chi connectivity index (χ4v) is 2.44. The third-order valence-electron chi connectivity index (χ3n) is 3.43. The number of anilines is 2. The Morgan fingerprint density at radius 2 is 1.89 bits per heavy atom. The molecule has 0 amide bonds. The topological polar surface area (TPSA) is 29.3 Å². The van der Waals surface area contributed by atoms with Crippen LogP contribution in [0.15, 0.2) is 16.6 Å². The van der Waals surface area contributed by atoms with Crippen molar-refractivity contribution in [3.63, 3.8) is 0 Å². The molecule has 0 unspecified atom stereocenters. The van der Waals surface area contributed by atoms with E-state index in [9.17, 15) is 4.39 Å². The van der Waals surface area contributed by atoms with Crippen LogP contribution in [0.5, 0.6) is 0 Å². The second-order valence-corrected chi connectivity index (χ2v) is 5.40. The van der Waals surface area contributed by atoms with E-state index in [1.165, 1.54) is 6.07 Å². The molecule has 4 heteroatoms. The van der Waals surface area contributed by atoms with E-state index in [1.807, 2.05) is 0 Å². The van der Waals surface area contributed by atoms with Gasteiger partial charge in [0.05, 0.1) is 15.8 Å². The van der Waals surface area contributed by atoms with Gasteiger partial charge in [-0.25, -0.2) is 4.39 Å². The van der Waals surface area contributed by atoms with Gasteiger partial charge in [-0.15, -0.1) is 0 Å². The Morgan fingerprint density at radius 1 is 1.28 bits per heavy atom. The van der Waals surface area contributed by atoms with Crippen LogP contribution in [-0.4, -0.2) is 13.1 Å². The van der Waals surface area contributed by atoms with Crippen molar-refractivity contribution < 1.29 is 4.39 Å². The highest BCUT2D eigenvalue weighted by Gasteiger charge is 2.15. The average Bonchev–Trinajstić information content (AvgIpc) is 2.36. The summed E-state index contributed by atoms with van der Waals surface area (Å²) in [6.45, 7) is 8.21. The van der Waals surface area contributed by atoms with Gasteiger partial charge in [-0.3, -0.25) is 0 Å². The van der Waals surface area contributed by atoms with Gasteiger partial charge in [-0.1, -0.05) is 26.7 Å². The van der Waals surface area contributed by atoms with Gasteiger partial charge in [0.25, 0.3) is 0 Å². The summed E-state index contributed by atoms with van der Waals surface area (Å²) in [5.74, 6) is 0.359. The second-order valence-electron chi connectivity index (χ2n) is 4.55. The summed E-state index contributed by atoms with van der Waals surface area (Å²) in [6, 6.07) is 3.16. The summed E-state index contributed by atoms with van der Waals surface area (Å²) in [7, 11) is 0. The van der Waals surface area contributed by atoms with Crippen LogP contribution < -0.4 is 10.6 Å². The molecular formula is C14H22BrFN2. The average molecular weight is 317 g/mol. The lowest BCUT2D eigenvalue weighted by Crippen LogP contribution is -2.29. The first-order chi connectivity index (χ1) is 8.53. The van der Waals surface area contributed by atoms with Crippen LogP contribution in [0.4, 0.5) is 15.8 Å². The molecule has 2 nitrogen and oxygen atoms in total. The lowest BCUT2D eigenvalue weighted by molar-refractivity contribution is 0.486. The van der Waals surface area contributed by atoms with E-state index in [0.717, 1.165) is 31.6 Å². The molecule has 0 atom stereocenters. The molecule has 2 N–H and O–H groups in total. The molecule has 1 rings (SSSR count). The van der Waals surface area contributed by atoms with Crippen molar-refractivity contribution in [3.8, 4) is 0 Å².